The van der Waals surface area contributed by atoms with Crippen LogP contribution in [0.4, 0.5) is 14.5 Å². The number of aromatic nitrogens is 1. The Morgan fingerprint density at radius 3 is 2.59 bits per heavy atom. The van der Waals surface area contributed by atoms with Gasteiger partial charge in [-0.2, -0.15) is 0 Å². The lowest BCUT2D eigenvalue weighted by atomic mass is 9.95. The Morgan fingerprint density at radius 2 is 1.83 bits per heavy atom. The summed E-state index contributed by atoms with van der Waals surface area (Å²) >= 11 is 0. The lowest BCUT2D eigenvalue weighted by Crippen LogP contribution is -2.41. The highest BCUT2D eigenvalue weighted by molar-refractivity contribution is 6.02. The molecule has 1 aliphatic heterocycles. The molecule has 0 spiro atoms. The van der Waals surface area contributed by atoms with E-state index in [9.17, 15) is 18.4 Å². The largest absolute Gasteiger partial charge is 0.339 e. The van der Waals surface area contributed by atoms with Crippen molar-refractivity contribution in [2.24, 2.45) is 5.92 Å². The van der Waals surface area contributed by atoms with E-state index < -0.39 is 17.5 Å². The normalized spacial score (nSPS) is 14.8. The van der Waals surface area contributed by atoms with E-state index in [1.54, 1.807) is 6.20 Å². The van der Waals surface area contributed by atoms with E-state index in [1.165, 1.54) is 4.90 Å². The second-order valence-electron chi connectivity index (χ2n) is 7.06. The zero-order valence-corrected chi connectivity index (χ0v) is 15.6. The highest BCUT2D eigenvalue weighted by Crippen LogP contribution is 2.25. The number of anilines is 1. The Labute approximate surface area is 166 Å². The van der Waals surface area contributed by atoms with Gasteiger partial charge in [-0.25, -0.2) is 8.78 Å². The number of hydrogen-bond donors (Lipinski definition) is 1. The second kappa shape index (κ2) is 7.95. The SMILES string of the molecule is O=C(Nc1cccc2ncccc12)C1CCN(C(=O)c2ccc(F)cc2F)CC1. The van der Waals surface area contributed by atoms with Gasteiger partial charge >= 0.3 is 0 Å². The summed E-state index contributed by atoms with van der Waals surface area (Å²) in [5.74, 6) is -2.44. The summed E-state index contributed by atoms with van der Waals surface area (Å²) in [7, 11) is 0. The van der Waals surface area contributed by atoms with Crippen LogP contribution in [-0.2, 0) is 4.79 Å². The van der Waals surface area contributed by atoms with E-state index in [-0.39, 0.29) is 17.4 Å². The van der Waals surface area contributed by atoms with Gasteiger partial charge in [0.1, 0.15) is 11.6 Å². The molecule has 7 heteroatoms. The standard InChI is InChI=1S/C22H19F2N3O2/c23-15-6-7-16(18(24)13-15)22(29)27-11-8-14(9-12-27)21(28)26-20-5-1-4-19-17(20)3-2-10-25-19/h1-7,10,13-14H,8-9,11-12H2,(H,26,28). The van der Waals surface area contributed by atoms with Crippen LogP contribution in [0.15, 0.2) is 54.7 Å². The fraction of sp³-hybridized carbons (Fsp3) is 0.227. The Hall–Kier alpha value is -3.35. The maximum atomic E-state index is 13.9. The van der Waals surface area contributed by atoms with Crippen molar-refractivity contribution in [2.75, 3.05) is 18.4 Å². The van der Waals surface area contributed by atoms with E-state index in [4.69, 9.17) is 0 Å². The summed E-state index contributed by atoms with van der Waals surface area (Å²) in [6.45, 7) is 0.676. The predicted octanol–water partition coefficient (Wildman–Crippen LogP) is 4.00. The number of piperidine rings is 1. The molecule has 0 saturated carbocycles. The fourth-order valence-corrected chi connectivity index (χ4v) is 3.63. The average Bonchev–Trinajstić information content (AvgIpc) is 2.74. The van der Waals surface area contributed by atoms with Crippen molar-refractivity contribution in [1.82, 2.24) is 9.88 Å². The summed E-state index contributed by atoms with van der Waals surface area (Å²) in [4.78, 5) is 31.0. The first-order valence-electron chi connectivity index (χ1n) is 9.42. The van der Waals surface area contributed by atoms with Crippen molar-refractivity contribution in [3.8, 4) is 0 Å². The van der Waals surface area contributed by atoms with Crippen LogP contribution >= 0.6 is 0 Å². The van der Waals surface area contributed by atoms with Gasteiger partial charge in [-0.3, -0.25) is 14.6 Å². The van der Waals surface area contributed by atoms with Crippen LogP contribution < -0.4 is 5.32 Å². The van der Waals surface area contributed by atoms with Crippen LogP contribution in [0.3, 0.4) is 0 Å². The number of nitrogens with zero attached hydrogens (tertiary/aromatic N) is 2. The molecule has 3 aromatic rings. The van der Waals surface area contributed by atoms with Crippen molar-refractivity contribution in [3.63, 3.8) is 0 Å². The van der Waals surface area contributed by atoms with E-state index in [0.717, 1.165) is 23.0 Å². The van der Waals surface area contributed by atoms with Gasteiger partial charge in [0, 0.05) is 36.7 Å². The van der Waals surface area contributed by atoms with Crippen molar-refractivity contribution < 1.29 is 18.4 Å². The number of carbonyl (C=O) groups is 2. The molecule has 5 nitrogen and oxygen atoms in total. The number of nitrogens with one attached hydrogen (secondary N) is 1. The van der Waals surface area contributed by atoms with E-state index in [1.807, 2.05) is 30.3 Å². The first-order valence-corrected chi connectivity index (χ1v) is 9.42. The van der Waals surface area contributed by atoms with Gasteiger partial charge in [0.25, 0.3) is 5.91 Å². The maximum absolute atomic E-state index is 13.9. The summed E-state index contributed by atoms with van der Waals surface area (Å²) in [5, 5.41) is 3.83. The van der Waals surface area contributed by atoms with E-state index in [0.29, 0.717) is 37.7 Å². The number of likely N-dealkylation sites (tertiary alicyclic amines) is 1. The summed E-state index contributed by atoms with van der Waals surface area (Å²) in [6, 6.07) is 12.2. The Bertz CT molecular complexity index is 1070. The van der Waals surface area contributed by atoms with Crippen molar-refractivity contribution >= 4 is 28.4 Å². The van der Waals surface area contributed by atoms with Crippen LogP contribution in [0.2, 0.25) is 0 Å². The van der Waals surface area contributed by atoms with Crippen LogP contribution in [0, 0.1) is 17.6 Å². The highest BCUT2D eigenvalue weighted by Gasteiger charge is 2.29. The molecule has 2 amide bonds. The third-order valence-electron chi connectivity index (χ3n) is 5.22. The number of amides is 2. The Kier molecular flexibility index (Phi) is 5.20. The first kappa shape index (κ1) is 19.0. The molecule has 2 heterocycles. The summed E-state index contributed by atoms with van der Waals surface area (Å²) in [5.41, 5.74) is 1.34. The lowest BCUT2D eigenvalue weighted by molar-refractivity contribution is -0.121. The van der Waals surface area contributed by atoms with Gasteiger partial charge in [0.15, 0.2) is 0 Å². The lowest BCUT2D eigenvalue weighted by Gasteiger charge is -2.31. The van der Waals surface area contributed by atoms with Gasteiger partial charge in [-0.1, -0.05) is 6.07 Å². The zero-order valence-electron chi connectivity index (χ0n) is 15.6. The van der Waals surface area contributed by atoms with Gasteiger partial charge < -0.3 is 10.2 Å². The van der Waals surface area contributed by atoms with Crippen molar-refractivity contribution in [2.45, 2.75) is 12.8 Å². The van der Waals surface area contributed by atoms with Crippen molar-refractivity contribution in [1.29, 1.82) is 0 Å². The van der Waals surface area contributed by atoms with Crippen LogP contribution in [0.25, 0.3) is 10.9 Å². The molecule has 1 aliphatic rings. The molecule has 0 unspecified atom stereocenters. The van der Waals surface area contributed by atoms with Gasteiger partial charge in [0.2, 0.25) is 5.91 Å². The minimum atomic E-state index is -0.876. The monoisotopic (exact) mass is 395 g/mol. The highest BCUT2D eigenvalue weighted by atomic mass is 19.1. The van der Waals surface area contributed by atoms with Crippen LogP contribution in [-0.4, -0.2) is 34.8 Å². The molecule has 1 fully saturated rings. The molecule has 0 bridgehead atoms. The number of pyridine rings is 1. The van der Waals surface area contributed by atoms with Crippen LogP contribution in [0.1, 0.15) is 23.2 Å². The molecule has 2 aromatic carbocycles. The number of halogens is 2. The second-order valence-corrected chi connectivity index (χ2v) is 7.06. The van der Waals surface area contributed by atoms with Gasteiger partial charge in [-0.15, -0.1) is 0 Å². The number of carbonyl (C=O) groups excluding carboxylic acids is 2. The molecule has 0 radical (unpaired) electrons. The van der Waals surface area contributed by atoms with Crippen molar-refractivity contribution in [3.05, 3.63) is 71.9 Å². The summed E-state index contributed by atoms with van der Waals surface area (Å²) < 4.78 is 26.9. The molecule has 1 saturated heterocycles. The fourth-order valence-electron chi connectivity index (χ4n) is 3.63. The molecular formula is C22H19F2N3O2. The topological polar surface area (TPSA) is 62.3 Å². The summed E-state index contributed by atoms with van der Waals surface area (Å²) in [6.07, 6.45) is 2.65. The zero-order chi connectivity index (χ0) is 20.4. The molecule has 1 N–H and O–H groups in total. The molecule has 29 heavy (non-hydrogen) atoms. The third kappa shape index (κ3) is 3.94. The number of hydrogen-bond acceptors (Lipinski definition) is 3. The third-order valence-corrected chi connectivity index (χ3v) is 5.22. The Balaban J connectivity index is 1.40. The van der Waals surface area contributed by atoms with Gasteiger partial charge in [0.05, 0.1) is 16.8 Å². The molecule has 0 aliphatic carbocycles. The smallest absolute Gasteiger partial charge is 0.256 e. The van der Waals surface area contributed by atoms with E-state index in [2.05, 4.69) is 10.3 Å². The van der Waals surface area contributed by atoms with E-state index >= 15 is 0 Å². The predicted molar refractivity (Wildman–Crippen MR) is 105 cm³/mol. The van der Waals surface area contributed by atoms with Crippen LogP contribution in [0.5, 0.6) is 0 Å². The molecule has 1 aromatic heterocycles. The minimum absolute atomic E-state index is 0.110. The number of benzene rings is 2. The first-order chi connectivity index (χ1) is 14.0. The molecule has 0 atom stereocenters. The Morgan fingerprint density at radius 1 is 1.03 bits per heavy atom. The quantitative estimate of drug-likeness (QED) is 0.729. The molecular weight excluding hydrogens is 376 g/mol. The number of fused-ring (bicyclic) bond motifs is 1. The minimum Gasteiger partial charge on any atom is -0.339 e. The van der Waals surface area contributed by atoms with Gasteiger partial charge in [-0.05, 0) is 49.2 Å². The average molecular weight is 395 g/mol. The molecule has 148 valence electrons. The maximum Gasteiger partial charge on any atom is 0.256 e. The number of rotatable bonds is 3. The molecule has 4 rings (SSSR count).